The monoisotopic (exact) mass is 392 g/mol. The van der Waals surface area contributed by atoms with Crippen LogP contribution in [-0.4, -0.2) is 49.4 Å². The lowest BCUT2D eigenvalue weighted by Crippen LogP contribution is -2.21. The number of carbonyl (C=O) groups is 1. The fourth-order valence-electron chi connectivity index (χ4n) is 3.16. The molecular weight excluding hydrogens is 368 g/mol. The molecule has 2 heterocycles. The Morgan fingerprint density at radius 2 is 1.81 bits per heavy atom. The summed E-state index contributed by atoms with van der Waals surface area (Å²) in [6.45, 7) is 1.65. The molecule has 2 aromatic rings. The van der Waals surface area contributed by atoms with E-state index in [4.69, 9.17) is 9.90 Å². The van der Waals surface area contributed by atoms with Gasteiger partial charge in [-0.05, 0) is 48.1 Å². The van der Waals surface area contributed by atoms with Crippen molar-refractivity contribution in [2.24, 2.45) is 5.92 Å². The molecule has 0 radical (unpaired) electrons. The molecule has 3 rings (SSSR count). The Morgan fingerprint density at radius 3 is 2.37 bits per heavy atom. The van der Waals surface area contributed by atoms with Gasteiger partial charge in [-0.25, -0.2) is 13.4 Å². The molecule has 1 fully saturated rings. The van der Waals surface area contributed by atoms with Crippen molar-refractivity contribution in [1.82, 2.24) is 4.98 Å². The molecule has 1 aliphatic heterocycles. The minimum atomic E-state index is -3.03. The van der Waals surface area contributed by atoms with Crippen LogP contribution in [0.5, 0.6) is 5.75 Å². The van der Waals surface area contributed by atoms with Crippen LogP contribution in [0.2, 0.25) is 0 Å². The van der Waals surface area contributed by atoms with Crippen molar-refractivity contribution >= 4 is 22.1 Å². The van der Waals surface area contributed by atoms with Crippen molar-refractivity contribution in [2.45, 2.75) is 18.6 Å². The summed E-state index contributed by atoms with van der Waals surface area (Å²) in [6.07, 6.45) is 4.98. The van der Waals surface area contributed by atoms with Crippen LogP contribution in [0.15, 0.2) is 42.6 Å². The van der Waals surface area contributed by atoms with Gasteiger partial charge in [0, 0.05) is 25.5 Å². The number of nitrogens with zero attached hydrogens (tertiary/aromatic N) is 2. The maximum Gasteiger partial charge on any atom is 0.290 e. The first-order chi connectivity index (χ1) is 12.8. The Hall–Kier alpha value is -2.61. The number of anilines is 1. The number of hydrogen-bond acceptors (Lipinski definition) is 6. The lowest BCUT2D eigenvalue weighted by atomic mass is 9.99. The SMILES string of the molecule is CS(=O)(=O)Cc1ccc(N2CCC(Cc3ccc(O)cc3)C2)nc1.O=CO. The minimum Gasteiger partial charge on any atom is -0.508 e. The third kappa shape index (κ3) is 6.90. The van der Waals surface area contributed by atoms with E-state index in [1.54, 1.807) is 18.3 Å². The number of sulfone groups is 1. The molecule has 0 spiro atoms. The lowest BCUT2D eigenvalue weighted by Gasteiger charge is -2.18. The van der Waals surface area contributed by atoms with Crippen LogP contribution in [0.25, 0.3) is 0 Å². The van der Waals surface area contributed by atoms with Crippen LogP contribution >= 0.6 is 0 Å². The summed E-state index contributed by atoms with van der Waals surface area (Å²) in [4.78, 5) is 15.0. The Labute approximate surface area is 159 Å². The van der Waals surface area contributed by atoms with Gasteiger partial charge in [-0.1, -0.05) is 18.2 Å². The lowest BCUT2D eigenvalue weighted by molar-refractivity contribution is -0.122. The maximum atomic E-state index is 11.3. The van der Waals surface area contributed by atoms with Gasteiger partial charge in [0.2, 0.25) is 0 Å². The molecule has 1 atom stereocenters. The average Bonchev–Trinajstić information content (AvgIpc) is 3.05. The number of carboxylic acid groups (broad SMARTS) is 1. The van der Waals surface area contributed by atoms with E-state index < -0.39 is 9.84 Å². The molecule has 146 valence electrons. The van der Waals surface area contributed by atoms with E-state index in [1.165, 1.54) is 11.8 Å². The van der Waals surface area contributed by atoms with E-state index in [1.807, 2.05) is 24.3 Å². The fraction of sp³-hybridized carbons (Fsp3) is 0.368. The zero-order valence-corrected chi connectivity index (χ0v) is 16.0. The van der Waals surface area contributed by atoms with E-state index in [2.05, 4.69) is 9.88 Å². The molecule has 1 saturated heterocycles. The highest BCUT2D eigenvalue weighted by atomic mass is 32.2. The smallest absolute Gasteiger partial charge is 0.290 e. The zero-order chi connectivity index (χ0) is 19.9. The number of aromatic nitrogens is 1. The molecule has 1 unspecified atom stereocenters. The molecule has 0 amide bonds. The standard InChI is InChI=1S/C18H22N2O3S.CH2O2/c1-24(22,23)13-16-4-7-18(19-11-16)20-9-8-15(12-20)10-14-2-5-17(21)6-3-14;2-1-3/h2-7,11,15,21H,8-10,12-13H2,1H3;1H,(H,2,3). The van der Waals surface area contributed by atoms with Crippen LogP contribution in [0.3, 0.4) is 0 Å². The van der Waals surface area contributed by atoms with Gasteiger partial charge in [0.05, 0.1) is 5.75 Å². The molecule has 1 aromatic heterocycles. The topological polar surface area (TPSA) is 108 Å². The second kappa shape index (κ2) is 9.36. The molecule has 2 N–H and O–H groups in total. The Balaban J connectivity index is 0.000000817. The summed E-state index contributed by atoms with van der Waals surface area (Å²) in [5.74, 6) is 1.79. The van der Waals surface area contributed by atoms with Gasteiger partial charge in [0.15, 0.2) is 9.84 Å². The first-order valence-electron chi connectivity index (χ1n) is 8.54. The largest absolute Gasteiger partial charge is 0.508 e. The number of phenolic OH excluding ortho intramolecular Hbond substituents is 1. The second-order valence-electron chi connectivity index (χ2n) is 6.67. The highest BCUT2D eigenvalue weighted by molar-refractivity contribution is 7.89. The molecule has 1 aromatic carbocycles. The highest BCUT2D eigenvalue weighted by Crippen LogP contribution is 2.25. The van der Waals surface area contributed by atoms with Crippen LogP contribution in [-0.2, 0) is 26.8 Å². The predicted molar refractivity (Wildman–Crippen MR) is 104 cm³/mol. The van der Waals surface area contributed by atoms with E-state index >= 15 is 0 Å². The van der Waals surface area contributed by atoms with Crippen molar-refractivity contribution in [3.05, 3.63) is 53.7 Å². The summed E-state index contributed by atoms with van der Waals surface area (Å²) in [5.41, 5.74) is 1.96. The summed E-state index contributed by atoms with van der Waals surface area (Å²) in [5, 5.41) is 16.2. The van der Waals surface area contributed by atoms with E-state index in [9.17, 15) is 13.5 Å². The molecule has 1 aliphatic rings. The number of hydrogen-bond donors (Lipinski definition) is 2. The molecule has 7 nitrogen and oxygen atoms in total. The van der Waals surface area contributed by atoms with Crippen molar-refractivity contribution < 1.29 is 23.4 Å². The van der Waals surface area contributed by atoms with Crippen molar-refractivity contribution in [3.8, 4) is 5.75 Å². The Bertz CT molecular complexity index is 835. The van der Waals surface area contributed by atoms with Crippen LogP contribution in [0, 0.1) is 5.92 Å². The molecule has 0 aliphatic carbocycles. The average molecular weight is 392 g/mol. The van der Waals surface area contributed by atoms with Crippen molar-refractivity contribution in [1.29, 1.82) is 0 Å². The predicted octanol–water partition coefficient (Wildman–Crippen LogP) is 2.10. The highest BCUT2D eigenvalue weighted by Gasteiger charge is 2.23. The maximum absolute atomic E-state index is 11.3. The van der Waals surface area contributed by atoms with Gasteiger partial charge >= 0.3 is 0 Å². The van der Waals surface area contributed by atoms with Gasteiger partial charge in [0.1, 0.15) is 11.6 Å². The van der Waals surface area contributed by atoms with Crippen LogP contribution < -0.4 is 4.90 Å². The quantitative estimate of drug-likeness (QED) is 0.750. The van der Waals surface area contributed by atoms with Gasteiger partial charge in [0.25, 0.3) is 6.47 Å². The molecule has 27 heavy (non-hydrogen) atoms. The second-order valence-corrected chi connectivity index (χ2v) is 8.81. The molecule has 0 bridgehead atoms. The van der Waals surface area contributed by atoms with Crippen LogP contribution in [0.4, 0.5) is 5.82 Å². The minimum absolute atomic E-state index is 0.0315. The van der Waals surface area contributed by atoms with Crippen LogP contribution in [0.1, 0.15) is 17.5 Å². The summed E-state index contributed by atoms with van der Waals surface area (Å²) < 4.78 is 22.7. The number of aromatic hydroxyl groups is 1. The molecule has 0 saturated carbocycles. The zero-order valence-electron chi connectivity index (χ0n) is 15.2. The Morgan fingerprint density at radius 1 is 1.19 bits per heavy atom. The van der Waals surface area contributed by atoms with Gasteiger partial charge in [-0.3, -0.25) is 4.79 Å². The molecular formula is C19H24N2O5S. The normalized spacial score (nSPS) is 16.5. The van der Waals surface area contributed by atoms with E-state index in [0.29, 0.717) is 11.7 Å². The Kier molecular flexibility index (Phi) is 7.18. The first-order valence-corrected chi connectivity index (χ1v) is 10.6. The van der Waals surface area contributed by atoms with Crippen molar-refractivity contribution in [3.63, 3.8) is 0 Å². The fourth-order valence-corrected chi connectivity index (χ4v) is 3.94. The summed E-state index contributed by atoms with van der Waals surface area (Å²) in [6, 6.07) is 11.1. The molecule has 8 heteroatoms. The number of pyridine rings is 1. The third-order valence-electron chi connectivity index (χ3n) is 4.31. The van der Waals surface area contributed by atoms with Crippen molar-refractivity contribution in [2.75, 3.05) is 24.2 Å². The first kappa shape index (κ1) is 20.7. The number of rotatable bonds is 5. The van der Waals surface area contributed by atoms with Gasteiger partial charge in [-0.2, -0.15) is 0 Å². The third-order valence-corrected chi connectivity index (χ3v) is 5.17. The summed E-state index contributed by atoms with van der Waals surface area (Å²) in [7, 11) is -3.03. The summed E-state index contributed by atoms with van der Waals surface area (Å²) >= 11 is 0. The number of phenols is 1. The van der Waals surface area contributed by atoms with Gasteiger partial charge in [-0.15, -0.1) is 0 Å². The van der Waals surface area contributed by atoms with E-state index in [-0.39, 0.29) is 12.2 Å². The number of benzene rings is 1. The van der Waals surface area contributed by atoms with Gasteiger partial charge < -0.3 is 15.1 Å². The van der Waals surface area contributed by atoms with E-state index in [0.717, 1.165) is 37.3 Å².